The van der Waals surface area contributed by atoms with Crippen molar-refractivity contribution in [2.75, 3.05) is 11.9 Å². The van der Waals surface area contributed by atoms with Gasteiger partial charge in [0.15, 0.2) is 6.35 Å². The molecule has 0 spiro atoms. The molecule has 5 nitrogen and oxygen atoms in total. The minimum Gasteiger partial charge on any atom is -0.361 e. The van der Waals surface area contributed by atoms with Gasteiger partial charge in [-0.1, -0.05) is 35.9 Å². The lowest BCUT2D eigenvalue weighted by molar-refractivity contribution is 0.00647. The molecule has 7 heteroatoms. The molecule has 0 radical (unpaired) electrons. The van der Waals surface area contributed by atoms with E-state index in [4.69, 9.17) is 11.6 Å². The van der Waals surface area contributed by atoms with Crippen molar-refractivity contribution < 1.29 is 9.50 Å². The molecule has 134 valence electrons. The number of aliphatic hydroxyl groups is 1. The molecule has 0 bridgehead atoms. The van der Waals surface area contributed by atoms with Gasteiger partial charge in [0.1, 0.15) is 5.82 Å². The number of halogens is 2. The highest BCUT2D eigenvalue weighted by Gasteiger charge is 2.26. The maximum Gasteiger partial charge on any atom is 0.184 e. The van der Waals surface area contributed by atoms with E-state index in [1.807, 2.05) is 21.7 Å². The summed E-state index contributed by atoms with van der Waals surface area (Å²) in [5, 5.41) is 18.6. The second-order valence-corrected chi connectivity index (χ2v) is 6.64. The van der Waals surface area contributed by atoms with Gasteiger partial charge in [0.05, 0.1) is 18.4 Å². The topological polar surface area (TPSA) is 53.3 Å². The smallest absolute Gasteiger partial charge is 0.184 e. The van der Waals surface area contributed by atoms with Crippen molar-refractivity contribution in [3.63, 3.8) is 0 Å². The number of hydrogen-bond acceptors (Lipinski definition) is 4. The summed E-state index contributed by atoms with van der Waals surface area (Å²) < 4.78 is 16.0. The van der Waals surface area contributed by atoms with Crippen LogP contribution in [-0.4, -0.2) is 32.7 Å². The number of nitrogens with zero attached hydrogens (tertiary/aromatic N) is 3. The number of fused-ring (bicyclic) bond motifs is 1. The summed E-state index contributed by atoms with van der Waals surface area (Å²) >= 11 is 5.99. The Kier molecular flexibility index (Phi) is 4.63. The van der Waals surface area contributed by atoms with Crippen molar-refractivity contribution in [3.05, 3.63) is 71.3 Å². The van der Waals surface area contributed by atoms with Crippen LogP contribution in [0.3, 0.4) is 0 Å². The van der Waals surface area contributed by atoms with Crippen LogP contribution in [0.5, 0.6) is 0 Å². The molecule has 0 saturated heterocycles. The quantitative estimate of drug-likeness (QED) is 0.688. The first-order valence-electron chi connectivity index (χ1n) is 8.35. The summed E-state index contributed by atoms with van der Waals surface area (Å²) in [6.45, 7) is 1.70. The lowest BCUT2D eigenvalue weighted by Gasteiger charge is -2.33. The van der Waals surface area contributed by atoms with E-state index in [9.17, 15) is 9.50 Å². The number of benzene rings is 2. The van der Waals surface area contributed by atoms with Gasteiger partial charge in [0.2, 0.25) is 0 Å². The largest absolute Gasteiger partial charge is 0.361 e. The van der Waals surface area contributed by atoms with E-state index in [2.05, 4.69) is 10.4 Å². The molecular formula is C19H18ClFN4O. The molecule has 3 aromatic rings. The SMILES string of the molecule is OC(Nc1cccc(Cl)c1)N1CCn2ncc(-c3ccccc3F)c2C1. The Bertz CT molecular complexity index is 929. The minimum atomic E-state index is -0.884. The number of aromatic nitrogens is 2. The molecule has 1 aliphatic heterocycles. The van der Waals surface area contributed by atoms with E-state index >= 15 is 0 Å². The van der Waals surface area contributed by atoms with Crippen LogP contribution in [0.2, 0.25) is 5.02 Å². The molecule has 26 heavy (non-hydrogen) atoms. The van der Waals surface area contributed by atoms with Gasteiger partial charge in [-0.25, -0.2) is 4.39 Å². The van der Waals surface area contributed by atoms with E-state index in [1.54, 1.807) is 36.5 Å². The Labute approximate surface area is 155 Å². The van der Waals surface area contributed by atoms with Gasteiger partial charge >= 0.3 is 0 Å². The second-order valence-electron chi connectivity index (χ2n) is 6.21. The average molecular weight is 373 g/mol. The predicted molar refractivity (Wildman–Crippen MR) is 99.1 cm³/mol. The van der Waals surface area contributed by atoms with Crippen LogP contribution in [0.1, 0.15) is 5.69 Å². The summed E-state index contributed by atoms with van der Waals surface area (Å²) in [4.78, 5) is 1.88. The summed E-state index contributed by atoms with van der Waals surface area (Å²) in [7, 11) is 0. The fourth-order valence-corrected chi connectivity index (χ4v) is 3.39. The first-order valence-corrected chi connectivity index (χ1v) is 8.73. The second kappa shape index (κ2) is 7.07. The van der Waals surface area contributed by atoms with Crippen LogP contribution < -0.4 is 5.32 Å². The number of hydrogen-bond donors (Lipinski definition) is 2. The van der Waals surface area contributed by atoms with Crippen LogP contribution >= 0.6 is 11.6 Å². The molecule has 0 saturated carbocycles. The number of anilines is 1. The number of aliphatic hydroxyl groups excluding tert-OH is 1. The van der Waals surface area contributed by atoms with Crippen molar-refractivity contribution >= 4 is 17.3 Å². The predicted octanol–water partition coefficient (Wildman–Crippen LogP) is 3.55. The van der Waals surface area contributed by atoms with Crippen molar-refractivity contribution in [2.45, 2.75) is 19.4 Å². The summed E-state index contributed by atoms with van der Waals surface area (Å²) in [6.07, 6.45) is 0.805. The first kappa shape index (κ1) is 17.0. The van der Waals surface area contributed by atoms with Crippen LogP contribution in [-0.2, 0) is 13.1 Å². The average Bonchev–Trinajstić information content (AvgIpc) is 3.05. The number of nitrogens with one attached hydrogen (secondary N) is 1. The highest BCUT2D eigenvalue weighted by Crippen LogP contribution is 2.29. The lowest BCUT2D eigenvalue weighted by Crippen LogP contribution is -2.45. The van der Waals surface area contributed by atoms with E-state index < -0.39 is 6.35 Å². The fraction of sp³-hybridized carbons (Fsp3) is 0.211. The zero-order valence-corrected chi connectivity index (χ0v) is 14.7. The van der Waals surface area contributed by atoms with E-state index in [0.717, 1.165) is 16.9 Å². The molecule has 1 aromatic heterocycles. The standard InChI is InChI=1S/C19H18ClFN4O/c20-13-4-3-5-14(10-13)23-19(26)24-8-9-25-18(12-24)16(11-22-25)15-6-1-2-7-17(15)21/h1-7,10-11,19,23,26H,8-9,12H2. The molecule has 1 atom stereocenters. The van der Waals surface area contributed by atoms with Gasteiger partial charge < -0.3 is 10.4 Å². The van der Waals surface area contributed by atoms with Crippen molar-refractivity contribution in [2.24, 2.45) is 0 Å². The van der Waals surface area contributed by atoms with Gasteiger partial charge in [-0.15, -0.1) is 0 Å². The molecule has 1 aliphatic rings. The molecule has 2 heterocycles. The van der Waals surface area contributed by atoms with Gasteiger partial charge in [-0.3, -0.25) is 9.58 Å². The molecule has 0 aliphatic carbocycles. The molecule has 2 N–H and O–H groups in total. The van der Waals surface area contributed by atoms with Crippen LogP contribution in [0.15, 0.2) is 54.7 Å². The normalized spacial score (nSPS) is 15.5. The first-order chi connectivity index (χ1) is 12.6. The monoisotopic (exact) mass is 372 g/mol. The molecule has 4 rings (SSSR count). The van der Waals surface area contributed by atoms with Crippen molar-refractivity contribution in [1.82, 2.24) is 14.7 Å². The Balaban J connectivity index is 1.56. The molecular weight excluding hydrogens is 355 g/mol. The Morgan fingerprint density at radius 2 is 1.96 bits per heavy atom. The molecule has 2 aromatic carbocycles. The fourth-order valence-electron chi connectivity index (χ4n) is 3.20. The Morgan fingerprint density at radius 3 is 2.77 bits per heavy atom. The van der Waals surface area contributed by atoms with Crippen LogP contribution in [0.4, 0.5) is 10.1 Å². The van der Waals surface area contributed by atoms with Crippen LogP contribution in [0.25, 0.3) is 11.1 Å². The summed E-state index contributed by atoms with van der Waals surface area (Å²) in [5.74, 6) is -0.280. The maximum atomic E-state index is 14.2. The molecule has 0 amide bonds. The molecule has 0 fully saturated rings. The minimum absolute atomic E-state index is 0.280. The van der Waals surface area contributed by atoms with Gasteiger partial charge in [0.25, 0.3) is 0 Å². The van der Waals surface area contributed by atoms with E-state index in [-0.39, 0.29) is 5.82 Å². The van der Waals surface area contributed by atoms with Crippen LogP contribution in [0, 0.1) is 5.82 Å². The summed E-state index contributed by atoms with van der Waals surface area (Å²) in [6, 6.07) is 13.8. The zero-order valence-electron chi connectivity index (χ0n) is 13.9. The van der Waals surface area contributed by atoms with Crippen molar-refractivity contribution in [1.29, 1.82) is 0 Å². The van der Waals surface area contributed by atoms with E-state index in [0.29, 0.717) is 30.2 Å². The van der Waals surface area contributed by atoms with Gasteiger partial charge in [0, 0.05) is 34.9 Å². The lowest BCUT2D eigenvalue weighted by atomic mass is 10.0. The maximum absolute atomic E-state index is 14.2. The van der Waals surface area contributed by atoms with Crippen molar-refractivity contribution in [3.8, 4) is 11.1 Å². The van der Waals surface area contributed by atoms with E-state index in [1.165, 1.54) is 6.07 Å². The third-order valence-corrected chi connectivity index (χ3v) is 4.77. The highest BCUT2D eigenvalue weighted by molar-refractivity contribution is 6.30. The van der Waals surface area contributed by atoms with Gasteiger partial charge in [-0.2, -0.15) is 5.10 Å². The third-order valence-electron chi connectivity index (χ3n) is 4.53. The Hall–Kier alpha value is -2.41. The Morgan fingerprint density at radius 1 is 1.12 bits per heavy atom. The van der Waals surface area contributed by atoms with Gasteiger partial charge in [-0.05, 0) is 24.3 Å². The summed E-state index contributed by atoms with van der Waals surface area (Å²) in [5.41, 5.74) is 2.89. The third kappa shape index (κ3) is 3.31. The number of rotatable bonds is 4. The highest BCUT2D eigenvalue weighted by atomic mass is 35.5. The molecule has 1 unspecified atom stereocenters. The zero-order chi connectivity index (χ0) is 18.1.